The number of carbonyl (C=O) groups is 1. The lowest BCUT2D eigenvalue weighted by molar-refractivity contribution is 0.0940. The zero-order valence-corrected chi connectivity index (χ0v) is 11.7. The normalized spacial score (nSPS) is 20.5. The molecular formula is C14H16BrNO2. The predicted molar refractivity (Wildman–Crippen MR) is 72.5 cm³/mol. The van der Waals surface area contributed by atoms with Gasteiger partial charge in [0.1, 0.15) is 5.75 Å². The highest BCUT2D eigenvalue weighted by Crippen LogP contribution is 2.60. The first-order valence-corrected chi connectivity index (χ1v) is 7.17. The highest BCUT2D eigenvalue weighted by Gasteiger charge is 2.53. The third-order valence-corrected chi connectivity index (χ3v) is 4.63. The van der Waals surface area contributed by atoms with Gasteiger partial charge in [-0.25, -0.2) is 0 Å². The van der Waals surface area contributed by atoms with Crippen molar-refractivity contribution in [1.82, 2.24) is 5.32 Å². The standard InChI is InChI=1S/C14H16BrNO2/c15-10-3-4-11(12(17)7-10)13(18)16-8-14(5-6-14)9-1-2-9/h3-4,7,9,17H,1-2,5-6,8H2,(H,16,18). The lowest BCUT2D eigenvalue weighted by atomic mass is 10.0. The van der Waals surface area contributed by atoms with Crippen LogP contribution in [0.5, 0.6) is 5.75 Å². The largest absolute Gasteiger partial charge is 0.507 e. The number of carbonyl (C=O) groups excluding carboxylic acids is 1. The van der Waals surface area contributed by atoms with Crippen molar-refractivity contribution >= 4 is 21.8 Å². The number of hydrogen-bond donors (Lipinski definition) is 2. The van der Waals surface area contributed by atoms with Crippen LogP contribution in [0.3, 0.4) is 0 Å². The number of rotatable bonds is 4. The molecule has 3 rings (SSSR count). The summed E-state index contributed by atoms with van der Waals surface area (Å²) in [4.78, 5) is 12.0. The Kier molecular flexibility index (Phi) is 2.85. The van der Waals surface area contributed by atoms with Crippen LogP contribution in [0.1, 0.15) is 36.0 Å². The zero-order valence-electron chi connectivity index (χ0n) is 10.1. The molecule has 2 fully saturated rings. The van der Waals surface area contributed by atoms with Gasteiger partial charge in [0.25, 0.3) is 5.91 Å². The average Bonchev–Trinajstić information content (AvgIpc) is 3.17. The Bertz CT molecular complexity index is 493. The number of benzene rings is 1. The first kappa shape index (κ1) is 12.0. The van der Waals surface area contributed by atoms with Gasteiger partial charge in [0.2, 0.25) is 0 Å². The number of hydrogen-bond acceptors (Lipinski definition) is 2. The van der Waals surface area contributed by atoms with E-state index in [-0.39, 0.29) is 11.7 Å². The monoisotopic (exact) mass is 309 g/mol. The van der Waals surface area contributed by atoms with Crippen molar-refractivity contribution < 1.29 is 9.90 Å². The van der Waals surface area contributed by atoms with E-state index in [0.717, 1.165) is 16.9 Å². The molecule has 0 radical (unpaired) electrons. The van der Waals surface area contributed by atoms with Crippen LogP contribution in [0.15, 0.2) is 22.7 Å². The molecule has 0 unspecified atom stereocenters. The third-order valence-electron chi connectivity index (χ3n) is 4.14. The van der Waals surface area contributed by atoms with Crippen molar-refractivity contribution in [2.24, 2.45) is 11.3 Å². The number of amides is 1. The molecule has 2 aliphatic carbocycles. The molecule has 1 aromatic rings. The number of aromatic hydroxyl groups is 1. The predicted octanol–water partition coefficient (Wildman–Crippen LogP) is 3.07. The van der Waals surface area contributed by atoms with Crippen LogP contribution in [0.4, 0.5) is 0 Å². The van der Waals surface area contributed by atoms with E-state index in [9.17, 15) is 9.90 Å². The summed E-state index contributed by atoms with van der Waals surface area (Å²) in [5.74, 6) is 0.682. The van der Waals surface area contributed by atoms with E-state index in [1.807, 2.05) is 0 Å². The van der Waals surface area contributed by atoms with E-state index in [2.05, 4.69) is 21.2 Å². The Morgan fingerprint density at radius 1 is 1.44 bits per heavy atom. The van der Waals surface area contributed by atoms with Crippen LogP contribution in [0, 0.1) is 11.3 Å². The molecule has 2 saturated carbocycles. The van der Waals surface area contributed by atoms with Crippen LogP contribution < -0.4 is 5.32 Å². The Labute approximate surface area is 115 Å². The first-order chi connectivity index (χ1) is 8.61. The van der Waals surface area contributed by atoms with E-state index in [1.165, 1.54) is 25.7 Å². The second-order valence-electron chi connectivity index (χ2n) is 5.48. The van der Waals surface area contributed by atoms with Gasteiger partial charge in [0.05, 0.1) is 5.56 Å². The summed E-state index contributed by atoms with van der Waals surface area (Å²) in [6.07, 6.45) is 5.12. The molecule has 1 aromatic carbocycles. The van der Waals surface area contributed by atoms with E-state index >= 15 is 0 Å². The third kappa shape index (κ3) is 2.26. The van der Waals surface area contributed by atoms with Crippen LogP contribution >= 0.6 is 15.9 Å². The van der Waals surface area contributed by atoms with E-state index in [1.54, 1.807) is 18.2 Å². The maximum absolute atomic E-state index is 12.0. The van der Waals surface area contributed by atoms with Crippen molar-refractivity contribution in [3.8, 4) is 5.75 Å². The number of halogens is 1. The first-order valence-electron chi connectivity index (χ1n) is 6.37. The van der Waals surface area contributed by atoms with E-state index in [0.29, 0.717) is 11.0 Å². The molecule has 0 aromatic heterocycles. The van der Waals surface area contributed by atoms with Crippen molar-refractivity contribution in [3.63, 3.8) is 0 Å². The van der Waals surface area contributed by atoms with Crippen LogP contribution in [-0.4, -0.2) is 17.6 Å². The van der Waals surface area contributed by atoms with Gasteiger partial charge < -0.3 is 10.4 Å². The maximum atomic E-state index is 12.0. The Morgan fingerprint density at radius 3 is 2.72 bits per heavy atom. The lowest BCUT2D eigenvalue weighted by Gasteiger charge is -2.15. The summed E-state index contributed by atoms with van der Waals surface area (Å²) in [6.45, 7) is 0.756. The van der Waals surface area contributed by atoms with Crippen LogP contribution in [0.2, 0.25) is 0 Å². The minimum atomic E-state index is -0.174. The summed E-state index contributed by atoms with van der Waals surface area (Å²) in [7, 11) is 0. The quantitative estimate of drug-likeness (QED) is 0.898. The lowest BCUT2D eigenvalue weighted by Crippen LogP contribution is -2.31. The van der Waals surface area contributed by atoms with Crippen LogP contribution in [-0.2, 0) is 0 Å². The summed E-state index contributed by atoms with van der Waals surface area (Å²) < 4.78 is 0.771. The van der Waals surface area contributed by atoms with E-state index in [4.69, 9.17) is 0 Å². The molecule has 96 valence electrons. The molecule has 0 spiro atoms. The molecule has 4 heteroatoms. The molecule has 2 aliphatic rings. The molecule has 0 saturated heterocycles. The molecular weight excluding hydrogens is 294 g/mol. The molecule has 18 heavy (non-hydrogen) atoms. The topological polar surface area (TPSA) is 49.3 Å². The number of phenolic OH excluding ortho intramolecular Hbond substituents is 1. The Balaban J connectivity index is 1.64. The van der Waals surface area contributed by atoms with Crippen molar-refractivity contribution in [2.45, 2.75) is 25.7 Å². The van der Waals surface area contributed by atoms with Crippen molar-refractivity contribution in [3.05, 3.63) is 28.2 Å². The fraction of sp³-hybridized carbons (Fsp3) is 0.500. The summed E-state index contributed by atoms with van der Waals surface area (Å²) in [5.41, 5.74) is 0.741. The molecule has 0 atom stereocenters. The summed E-state index contributed by atoms with van der Waals surface area (Å²) >= 11 is 3.26. The molecule has 0 heterocycles. The highest BCUT2D eigenvalue weighted by molar-refractivity contribution is 9.10. The van der Waals surface area contributed by atoms with Gasteiger partial charge >= 0.3 is 0 Å². The average molecular weight is 310 g/mol. The van der Waals surface area contributed by atoms with Gasteiger partial charge in [0.15, 0.2) is 0 Å². The molecule has 3 nitrogen and oxygen atoms in total. The SMILES string of the molecule is O=C(NCC1(C2CC2)CC1)c1ccc(Br)cc1O. The number of phenols is 1. The fourth-order valence-corrected chi connectivity index (χ4v) is 2.98. The zero-order chi connectivity index (χ0) is 12.8. The van der Waals surface area contributed by atoms with Crippen molar-refractivity contribution in [1.29, 1.82) is 0 Å². The van der Waals surface area contributed by atoms with Gasteiger partial charge in [-0.3, -0.25) is 4.79 Å². The van der Waals surface area contributed by atoms with E-state index < -0.39 is 0 Å². The molecule has 0 bridgehead atoms. The molecule has 0 aliphatic heterocycles. The molecule has 1 amide bonds. The van der Waals surface area contributed by atoms with Crippen molar-refractivity contribution in [2.75, 3.05) is 6.54 Å². The Morgan fingerprint density at radius 2 is 2.17 bits per heavy atom. The van der Waals surface area contributed by atoms with Gasteiger partial charge in [-0.05, 0) is 55.2 Å². The van der Waals surface area contributed by atoms with Gasteiger partial charge in [-0.1, -0.05) is 15.9 Å². The molecule has 2 N–H and O–H groups in total. The van der Waals surface area contributed by atoms with Crippen LogP contribution in [0.25, 0.3) is 0 Å². The van der Waals surface area contributed by atoms with Gasteiger partial charge in [-0.15, -0.1) is 0 Å². The number of nitrogens with one attached hydrogen (secondary N) is 1. The van der Waals surface area contributed by atoms with Gasteiger partial charge in [0, 0.05) is 11.0 Å². The second kappa shape index (κ2) is 4.26. The maximum Gasteiger partial charge on any atom is 0.255 e. The Hall–Kier alpha value is -1.03. The van der Waals surface area contributed by atoms with Gasteiger partial charge in [-0.2, -0.15) is 0 Å². The minimum Gasteiger partial charge on any atom is -0.507 e. The highest BCUT2D eigenvalue weighted by atomic mass is 79.9. The smallest absolute Gasteiger partial charge is 0.255 e. The summed E-state index contributed by atoms with van der Waals surface area (Å²) in [5, 5.41) is 12.7. The summed E-state index contributed by atoms with van der Waals surface area (Å²) in [6, 6.07) is 4.95. The fourth-order valence-electron chi connectivity index (χ4n) is 2.63. The second-order valence-corrected chi connectivity index (χ2v) is 6.40. The minimum absolute atomic E-state index is 0.0261.